The van der Waals surface area contributed by atoms with E-state index in [0.717, 1.165) is 11.8 Å². The molecule has 0 fully saturated rings. The number of carbonyl (C=O) groups excluding carboxylic acids is 3. The normalized spacial score (nSPS) is 13.4. The number of nitrogens with zero attached hydrogens (tertiary/aromatic N) is 1. The fourth-order valence-electron chi connectivity index (χ4n) is 1.79. The van der Waals surface area contributed by atoms with Crippen LogP contribution < -0.4 is 10.6 Å². The molecule has 0 aromatic carbocycles. The highest BCUT2D eigenvalue weighted by Gasteiger charge is 2.27. The lowest BCUT2D eigenvalue weighted by molar-refractivity contribution is -0.760. The van der Waals surface area contributed by atoms with Crippen LogP contribution in [-0.2, 0) is 24.0 Å². The maximum atomic E-state index is 12.1. The van der Waals surface area contributed by atoms with Crippen LogP contribution in [0, 0.1) is 15.5 Å². The molecule has 2 N–H and O–H groups in total. The molecular weight excluding hydrogens is 366 g/mol. The Morgan fingerprint density at radius 2 is 1.92 bits per heavy atom. The van der Waals surface area contributed by atoms with Gasteiger partial charge in [-0.15, -0.1) is 10.1 Å². The Bertz CT molecular complexity index is 513. The van der Waals surface area contributed by atoms with Crippen LogP contribution in [0.5, 0.6) is 0 Å². The molecule has 1 unspecified atom stereocenters. The Labute approximate surface area is 156 Å². The molecule has 26 heavy (non-hydrogen) atoms. The predicted molar refractivity (Wildman–Crippen MR) is 95.9 cm³/mol. The number of rotatable bonds is 12. The monoisotopic (exact) mass is 393 g/mol. The minimum absolute atomic E-state index is 0.105. The first-order valence-electron chi connectivity index (χ1n) is 8.09. The van der Waals surface area contributed by atoms with Crippen LogP contribution in [-0.4, -0.2) is 59.7 Å². The quantitative estimate of drug-likeness (QED) is 0.276. The highest BCUT2D eigenvalue weighted by molar-refractivity contribution is 8.13. The number of amides is 1. The van der Waals surface area contributed by atoms with E-state index in [-0.39, 0.29) is 36.5 Å². The molecule has 0 aliphatic heterocycles. The zero-order valence-electron chi connectivity index (χ0n) is 15.7. The molecule has 0 aliphatic carbocycles. The molecular formula is C15H27N3O7S. The van der Waals surface area contributed by atoms with Crippen LogP contribution in [0.3, 0.4) is 0 Å². The third-order valence-corrected chi connectivity index (χ3v) is 4.26. The summed E-state index contributed by atoms with van der Waals surface area (Å²) in [7, 11) is 0. The average molecular weight is 393 g/mol. The largest absolute Gasteiger partial charge is 0.465 e. The summed E-state index contributed by atoms with van der Waals surface area (Å²) in [6.45, 7) is 8.29. The van der Waals surface area contributed by atoms with Crippen molar-refractivity contribution in [1.82, 2.24) is 10.6 Å². The van der Waals surface area contributed by atoms with Gasteiger partial charge >= 0.3 is 5.97 Å². The average Bonchev–Trinajstić information content (AvgIpc) is 2.52. The molecule has 0 heterocycles. The first-order valence-corrected chi connectivity index (χ1v) is 9.08. The van der Waals surface area contributed by atoms with Gasteiger partial charge in [-0.05, 0) is 13.8 Å². The van der Waals surface area contributed by atoms with Gasteiger partial charge in [0.1, 0.15) is 12.6 Å². The van der Waals surface area contributed by atoms with Gasteiger partial charge in [0.15, 0.2) is 0 Å². The maximum absolute atomic E-state index is 12.1. The smallest absolute Gasteiger partial charge is 0.323 e. The molecule has 0 bridgehead atoms. The molecule has 0 saturated carbocycles. The topological polar surface area (TPSA) is 137 Å². The van der Waals surface area contributed by atoms with Gasteiger partial charge in [0.05, 0.1) is 12.6 Å². The summed E-state index contributed by atoms with van der Waals surface area (Å²) in [4.78, 5) is 49.8. The molecule has 0 aromatic rings. The number of hydrogen-bond donors (Lipinski definition) is 2. The first kappa shape index (κ1) is 24.1. The Balaban J connectivity index is 4.71. The van der Waals surface area contributed by atoms with E-state index >= 15 is 0 Å². The zero-order valence-corrected chi connectivity index (χ0v) is 16.5. The van der Waals surface area contributed by atoms with Crippen molar-refractivity contribution in [2.45, 2.75) is 46.7 Å². The van der Waals surface area contributed by atoms with Gasteiger partial charge in [0.2, 0.25) is 11.0 Å². The number of ether oxygens (including phenoxy) is 1. The van der Waals surface area contributed by atoms with Crippen molar-refractivity contribution >= 4 is 28.8 Å². The summed E-state index contributed by atoms with van der Waals surface area (Å²) in [5.41, 5.74) is -0.615. The maximum Gasteiger partial charge on any atom is 0.323 e. The van der Waals surface area contributed by atoms with E-state index in [1.807, 2.05) is 0 Å². The minimum atomic E-state index is -0.873. The summed E-state index contributed by atoms with van der Waals surface area (Å²) in [5, 5.41) is 14.6. The molecule has 0 saturated heterocycles. The van der Waals surface area contributed by atoms with Crippen molar-refractivity contribution in [2.75, 3.05) is 25.5 Å². The van der Waals surface area contributed by atoms with Crippen molar-refractivity contribution < 1.29 is 29.0 Å². The van der Waals surface area contributed by atoms with Gasteiger partial charge in [-0.2, -0.15) is 0 Å². The lowest BCUT2D eigenvalue weighted by Crippen LogP contribution is -2.46. The molecule has 2 atom stereocenters. The molecule has 0 spiro atoms. The third kappa shape index (κ3) is 10.9. The minimum Gasteiger partial charge on any atom is -0.465 e. The fourth-order valence-corrected chi connectivity index (χ4v) is 2.68. The van der Waals surface area contributed by atoms with Crippen LogP contribution >= 0.6 is 11.8 Å². The molecule has 0 aromatic heterocycles. The number of thioether (sulfide) groups is 1. The van der Waals surface area contributed by atoms with Crippen molar-refractivity contribution in [1.29, 1.82) is 0 Å². The summed E-state index contributed by atoms with van der Waals surface area (Å²) < 4.78 is 4.99. The van der Waals surface area contributed by atoms with Gasteiger partial charge in [-0.25, -0.2) is 0 Å². The Kier molecular flexibility index (Phi) is 10.8. The molecule has 10 nitrogen and oxygen atoms in total. The van der Waals surface area contributed by atoms with Gasteiger partial charge in [-0.3, -0.25) is 14.4 Å². The Morgan fingerprint density at radius 3 is 2.42 bits per heavy atom. The third-order valence-electron chi connectivity index (χ3n) is 3.12. The number of esters is 1. The second-order valence-corrected chi connectivity index (χ2v) is 7.42. The molecule has 1 amide bonds. The second kappa shape index (κ2) is 11.7. The van der Waals surface area contributed by atoms with Crippen molar-refractivity contribution in [3.63, 3.8) is 0 Å². The van der Waals surface area contributed by atoms with Gasteiger partial charge in [0.25, 0.3) is 5.09 Å². The highest BCUT2D eigenvalue weighted by atomic mass is 32.2. The molecule has 11 heteroatoms. The van der Waals surface area contributed by atoms with E-state index in [1.165, 1.54) is 6.92 Å². The highest BCUT2D eigenvalue weighted by Crippen LogP contribution is 2.16. The van der Waals surface area contributed by atoms with E-state index in [2.05, 4.69) is 15.5 Å². The van der Waals surface area contributed by atoms with Crippen molar-refractivity contribution in [2.24, 2.45) is 5.41 Å². The van der Waals surface area contributed by atoms with Crippen LogP contribution in [0.2, 0.25) is 0 Å². The standard InChI is InChI=1S/C15H27N3O7S/c1-6-24-13(20)12(7-26-14(21)10(2)17-11(3)19)16-8-15(4,5)9-25-18(22)23/h10,12,16H,6-9H2,1-5H3,(H,17,19)/t10?,12-/m0/s1. The first-order chi connectivity index (χ1) is 12.0. The van der Waals surface area contributed by atoms with Crippen molar-refractivity contribution in [3.8, 4) is 0 Å². The number of hydrogen-bond acceptors (Lipinski definition) is 9. The zero-order chi connectivity index (χ0) is 20.3. The second-order valence-electron chi connectivity index (χ2n) is 6.40. The van der Waals surface area contributed by atoms with Gasteiger partial charge < -0.3 is 20.2 Å². The number of carbonyl (C=O) groups is 3. The van der Waals surface area contributed by atoms with Crippen LogP contribution in [0.25, 0.3) is 0 Å². The fraction of sp³-hybridized carbons (Fsp3) is 0.800. The van der Waals surface area contributed by atoms with Crippen LogP contribution in [0.4, 0.5) is 0 Å². The molecule has 0 aliphatic rings. The summed E-state index contributed by atoms with van der Waals surface area (Å²) in [6.07, 6.45) is 0. The lowest BCUT2D eigenvalue weighted by atomic mass is 9.94. The molecule has 150 valence electrons. The Morgan fingerprint density at radius 1 is 1.31 bits per heavy atom. The van der Waals surface area contributed by atoms with Crippen LogP contribution in [0.15, 0.2) is 0 Å². The van der Waals surface area contributed by atoms with E-state index in [1.54, 1.807) is 27.7 Å². The van der Waals surface area contributed by atoms with E-state index in [0.29, 0.717) is 0 Å². The van der Waals surface area contributed by atoms with Crippen molar-refractivity contribution in [3.05, 3.63) is 10.1 Å². The molecule has 0 rings (SSSR count). The van der Waals surface area contributed by atoms with Crippen LogP contribution in [0.1, 0.15) is 34.6 Å². The Hall–Kier alpha value is -1.88. The van der Waals surface area contributed by atoms with E-state index in [4.69, 9.17) is 4.74 Å². The SMILES string of the molecule is CCOC(=O)[C@H](CSC(=O)C(C)NC(C)=O)NCC(C)(C)CO[N+](=O)[O-]. The number of nitrogens with one attached hydrogen (secondary N) is 2. The predicted octanol–water partition coefficient (Wildman–Crippen LogP) is 0.527. The van der Waals surface area contributed by atoms with E-state index < -0.39 is 28.6 Å². The van der Waals surface area contributed by atoms with Gasteiger partial charge in [-0.1, -0.05) is 25.6 Å². The summed E-state index contributed by atoms with van der Waals surface area (Å²) in [6, 6.07) is -1.45. The summed E-state index contributed by atoms with van der Waals surface area (Å²) >= 11 is 0.901. The van der Waals surface area contributed by atoms with Gasteiger partial charge in [0, 0.05) is 24.6 Å². The lowest BCUT2D eigenvalue weighted by Gasteiger charge is -2.26. The van der Waals surface area contributed by atoms with E-state index in [9.17, 15) is 24.5 Å². The molecule has 0 radical (unpaired) electrons. The summed E-state index contributed by atoms with van der Waals surface area (Å²) in [5.74, 6) is -0.738.